The number of aromatic nitrogens is 5. The molecule has 3 aromatic heterocycles. The number of thioether (sulfide) groups is 1. The maximum atomic E-state index is 13.4. The van der Waals surface area contributed by atoms with Crippen molar-refractivity contribution < 1.29 is 0 Å². The Morgan fingerprint density at radius 1 is 1.00 bits per heavy atom. The quantitative estimate of drug-likeness (QED) is 0.287. The minimum Gasteiger partial charge on any atom is -0.288 e. The number of imidazole rings is 1. The van der Waals surface area contributed by atoms with Crippen molar-refractivity contribution in [2.45, 2.75) is 24.8 Å². The summed E-state index contributed by atoms with van der Waals surface area (Å²) < 4.78 is 3.55. The Morgan fingerprint density at radius 3 is 2.61 bits per heavy atom. The van der Waals surface area contributed by atoms with Crippen LogP contribution in [0.3, 0.4) is 0 Å². The van der Waals surface area contributed by atoms with Gasteiger partial charge in [-0.2, -0.15) is 0 Å². The van der Waals surface area contributed by atoms with Crippen LogP contribution in [0.4, 0.5) is 0 Å². The first-order chi connectivity index (χ1) is 15.0. The Balaban J connectivity index is 1.61. The van der Waals surface area contributed by atoms with E-state index in [0.717, 1.165) is 17.1 Å². The van der Waals surface area contributed by atoms with Crippen molar-refractivity contribution in [3.8, 4) is 5.69 Å². The number of halogens is 1. The second-order valence-electron chi connectivity index (χ2n) is 7.23. The zero-order valence-corrected chi connectivity index (χ0v) is 18.5. The molecule has 0 radical (unpaired) electrons. The second-order valence-corrected chi connectivity index (χ2v) is 8.58. The summed E-state index contributed by atoms with van der Waals surface area (Å²) in [6.07, 6.45) is 1.98. The molecule has 0 unspecified atom stereocenters. The lowest BCUT2D eigenvalue weighted by Crippen LogP contribution is -2.22. The van der Waals surface area contributed by atoms with Crippen LogP contribution < -0.4 is 5.56 Å². The zero-order chi connectivity index (χ0) is 21.5. The third-order valence-corrected chi connectivity index (χ3v) is 6.29. The molecule has 154 valence electrons. The lowest BCUT2D eigenvalue weighted by atomic mass is 10.2. The Hall–Kier alpha value is -3.16. The molecule has 0 aliphatic heterocycles. The molecular weight excluding hydrogens is 430 g/mol. The second kappa shape index (κ2) is 7.83. The predicted octanol–water partition coefficient (Wildman–Crippen LogP) is 4.99. The summed E-state index contributed by atoms with van der Waals surface area (Å²) in [5.41, 5.74) is 3.98. The molecule has 3 heterocycles. The van der Waals surface area contributed by atoms with Crippen LogP contribution in [0.1, 0.15) is 17.1 Å². The van der Waals surface area contributed by atoms with Gasteiger partial charge in [0.2, 0.25) is 5.78 Å². The van der Waals surface area contributed by atoms with Crippen molar-refractivity contribution in [1.29, 1.82) is 0 Å². The number of hydrogen-bond donors (Lipinski definition) is 0. The molecule has 0 saturated carbocycles. The lowest BCUT2D eigenvalue weighted by molar-refractivity contribution is 0.819. The van der Waals surface area contributed by atoms with Gasteiger partial charge in [-0.15, -0.1) is 0 Å². The summed E-state index contributed by atoms with van der Waals surface area (Å²) in [6.45, 7) is 3.98. The van der Waals surface area contributed by atoms with E-state index in [2.05, 4.69) is 9.97 Å². The first-order valence-electron chi connectivity index (χ1n) is 9.73. The van der Waals surface area contributed by atoms with Gasteiger partial charge in [-0.05, 0) is 44.2 Å². The van der Waals surface area contributed by atoms with Gasteiger partial charge >= 0.3 is 0 Å². The molecule has 5 rings (SSSR count). The first-order valence-corrected chi connectivity index (χ1v) is 11.1. The number of aryl methyl sites for hydroxylation is 2. The number of fused-ring (bicyclic) bond motifs is 2. The summed E-state index contributed by atoms with van der Waals surface area (Å²) in [7, 11) is 0. The van der Waals surface area contributed by atoms with Crippen LogP contribution in [-0.4, -0.2) is 23.9 Å². The molecule has 0 spiro atoms. The monoisotopic (exact) mass is 447 g/mol. The molecule has 0 bridgehead atoms. The molecule has 6 nitrogen and oxygen atoms in total. The fourth-order valence-electron chi connectivity index (χ4n) is 3.58. The van der Waals surface area contributed by atoms with Crippen LogP contribution in [0.25, 0.3) is 22.4 Å². The highest BCUT2D eigenvalue weighted by atomic mass is 35.5. The maximum absolute atomic E-state index is 13.4. The minimum atomic E-state index is -0.149. The van der Waals surface area contributed by atoms with Gasteiger partial charge in [0, 0.05) is 23.3 Å². The van der Waals surface area contributed by atoms with E-state index in [1.165, 1.54) is 11.8 Å². The van der Waals surface area contributed by atoms with Crippen LogP contribution in [-0.2, 0) is 5.75 Å². The molecule has 2 aromatic carbocycles. The molecule has 0 amide bonds. The molecule has 5 aromatic rings. The van der Waals surface area contributed by atoms with E-state index in [-0.39, 0.29) is 5.56 Å². The predicted molar refractivity (Wildman–Crippen MR) is 124 cm³/mol. The van der Waals surface area contributed by atoms with Gasteiger partial charge in [0.15, 0.2) is 5.16 Å². The molecule has 0 N–H and O–H groups in total. The Bertz CT molecular complexity index is 1510. The maximum Gasteiger partial charge on any atom is 0.266 e. The first kappa shape index (κ1) is 19.8. The molecule has 0 fully saturated rings. The van der Waals surface area contributed by atoms with Gasteiger partial charge < -0.3 is 0 Å². The molecule has 8 heteroatoms. The number of para-hydroxylation sites is 2. The van der Waals surface area contributed by atoms with Crippen molar-refractivity contribution in [2.24, 2.45) is 0 Å². The fraction of sp³-hybridized carbons (Fsp3) is 0.130. The van der Waals surface area contributed by atoms with Gasteiger partial charge in [0.25, 0.3) is 5.56 Å². The number of nitrogens with zero attached hydrogens (tertiary/aromatic N) is 5. The SMILES string of the molecule is Cc1cc(C)n2cc(CSc3nc4ccccc4c(=O)n3-c3ccccc3Cl)nc2n1. The topological polar surface area (TPSA) is 65.1 Å². The van der Waals surface area contributed by atoms with Crippen molar-refractivity contribution in [3.63, 3.8) is 0 Å². The Morgan fingerprint density at radius 2 is 1.77 bits per heavy atom. The molecule has 0 atom stereocenters. The van der Waals surface area contributed by atoms with E-state index in [4.69, 9.17) is 16.6 Å². The smallest absolute Gasteiger partial charge is 0.266 e. The van der Waals surface area contributed by atoms with Crippen LogP contribution in [0, 0.1) is 13.8 Å². The van der Waals surface area contributed by atoms with Gasteiger partial charge in [0.1, 0.15) is 0 Å². The molecule has 0 aliphatic rings. The Labute approximate surface area is 187 Å². The van der Waals surface area contributed by atoms with E-state index in [1.54, 1.807) is 16.7 Å². The van der Waals surface area contributed by atoms with E-state index in [1.807, 2.05) is 66.9 Å². The summed E-state index contributed by atoms with van der Waals surface area (Å²) in [5, 5.41) is 1.61. The fourth-order valence-corrected chi connectivity index (χ4v) is 4.69. The third-order valence-electron chi connectivity index (χ3n) is 5.00. The summed E-state index contributed by atoms with van der Waals surface area (Å²) in [5.74, 6) is 1.21. The normalized spacial score (nSPS) is 11.5. The summed E-state index contributed by atoms with van der Waals surface area (Å²) in [4.78, 5) is 27.3. The van der Waals surface area contributed by atoms with Gasteiger partial charge in [0.05, 0.1) is 27.3 Å². The van der Waals surface area contributed by atoms with Crippen LogP contribution in [0.2, 0.25) is 5.02 Å². The van der Waals surface area contributed by atoms with Gasteiger partial charge in [-0.1, -0.05) is 47.6 Å². The minimum absolute atomic E-state index is 0.149. The highest BCUT2D eigenvalue weighted by molar-refractivity contribution is 7.98. The van der Waals surface area contributed by atoms with Crippen molar-refractivity contribution in [1.82, 2.24) is 23.9 Å². The van der Waals surface area contributed by atoms with E-state index >= 15 is 0 Å². The van der Waals surface area contributed by atoms with Crippen LogP contribution >= 0.6 is 23.4 Å². The highest BCUT2D eigenvalue weighted by Crippen LogP contribution is 2.27. The summed E-state index contributed by atoms with van der Waals surface area (Å²) in [6, 6.07) is 16.7. The average Bonchev–Trinajstić information content (AvgIpc) is 3.16. The van der Waals surface area contributed by atoms with E-state index in [0.29, 0.717) is 38.3 Å². The zero-order valence-electron chi connectivity index (χ0n) is 16.9. The molecular formula is C23H18ClN5OS. The average molecular weight is 448 g/mol. The van der Waals surface area contributed by atoms with Gasteiger partial charge in [-0.3, -0.25) is 13.8 Å². The van der Waals surface area contributed by atoms with Crippen molar-refractivity contribution in [2.75, 3.05) is 0 Å². The standard InChI is InChI=1S/C23H18ClN5OS/c1-14-11-15(2)28-12-16(26-22(28)25-14)13-31-23-27-19-9-5-3-7-17(19)21(30)29(23)20-10-6-4-8-18(20)24/h3-12H,13H2,1-2H3. The molecule has 31 heavy (non-hydrogen) atoms. The van der Waals surface area contributed by atoms with Crippen molar-refractivity contribution in [3.05, 3.63) is 93.3 Å². The van der Waals surface area contributed by atoms with Crippen molar-refractivity contribution >= 4 is 40.0 Å². The largest absolute Gasteiger partial charge is 0.288 e. The summed E-state index contributed by atoms with van der Waals surface area (Å²) >= 11 is 7.88. The third kappa shape index (κ3) is 3.60. The van der Waals surface area contributed by atoms with Crippen LogP contribution in [0.15, 0.2) is 70.7 Å². The van der Waals surface area contributed by atoms with Crippen LogP contribution in [0.5, 0.6) is 0 Å². The number of benzene rings is 2. The van der Waals surface area contributed by atoms with E-state index < -0.39 is 0 Å². The number of hydrogen-bond acceptors (Lipinski definition) is 5. The Kier molecular flexibility index (Phi) is 5.00. The van der Waals surface area contributed by atoms with E-state index in [9.17, 15) is 4.79 Å². The number of rotatable bonds is 4. The lowest BCUT2D eigenvalue weighted by Gasteiger charge is -2.14. The highest BCUT2D eigenvalue weighted by Gasteiger charge is 2.16. The van der Waals surface area contributed by atoms with Gasteiger partial charge in [-0.25, -0.2) is 15.0 Å². The molecule has 0 aliphatic carbocycles. The molecule has 0 saturated heterocycles.